The molecule has 0 bridgehead atoms. The second-order valence-corrected chi connectivity index (χ2v) is 4.49. The van der Waals surface area contributed by atoms with Gasteiger partial charge in [0.25, 0.3) is 5.91 Å². The third-order valence-corrected chi connectivity index (χ3v) is 2.53. The average Bonchev–Trinajstić information content (AvgIpc) is 2.44. The van der Waals surface area contributed by atoms with Crippen LogP contribution >= 0.6 is 23.8 Å². The van der Waals surface area contributed by atoms with Crippen LogP contribution in [0.5, 0.6) is 5.75 Å². The summed E-state index contributed by atoms with van der Waals surface area (Å²) in [6, 6.07) is 6.61. The van der Waals surface area contributed by atoms with E-state index in [-0.39, 0.29) is 17.6 Å². The van der Waals surface area contributed by atoms with Crippen LogP contribution in [-0.4, -0.2) is 23.5 Å². The van der Waals surface area contributed by atoms with Gasteiger partial charge < -0.3 is 10.1 Å². The molecule has 0 saturated heterocycles. The van der Waals surface area contributed by atoms with Crippen molar-refractivity contribution < 1.29 is 14.3 Å². The highest BCUT2D eigenvalue weighted by Crippen LogP contribution is 2.15. The normalized spacial score (nSPS) is 9.50. The summed E-state index contributed by atoms with van der Waals surface area (Å²) in [5.41, 5.74) is 4.69. The molecule has 1 aromatic rings. The Bertz CT molecular complexity index is 493. The van der Waals surface area contributed by atoms with E-state index in [1.165, 1.54) is 0 Å². The van der Waals surface area contributed by atoms with E-state index >= 15 is 0 Å². The lowest BCUT2D eigenvalue weighted by Gasteiger charge is -2.10. The van der Waals surface area contributed by atoms with Crippen LogP contribution in [0.3, 0.4) is 0 Å². The molecule has 20 heavy (non-hydrogen) atoms. The third kappa shape index (κ3) is 6.35. The van der Waals surface area contributed by atoms with Gasteiger partial charge in [0, 0.05) is 11.4 Å². The number of carbonyl (C=O) groups excluding carboxylic acids is 2. The molecule has 1 rings (SSSR count). The molecule has 108 valence electrons. The predicted octanol–water partition coefficient (Wildman–Crippen LogP) is 1.15. The Kier molecular flexibility index (Phi) is 6.75. The number of hydrazine groups is 1. The Labute approximate surface area is 126 Å². The standard InChI is InChI=1S/C12H14ClN3O3S/c1-2-10(17)14-12(20)16-15-11(18)7-19-9-5-3-8(13)4-6-9/h3-6H,2,7H2,1H3,(H,15,18)(H2,14,16,17,20). The zero-order chi connectivity index (χ0) is 15.0. The van der Waals surface area contributed by atoms with Crippen LogP contribution < -0.4 is 20.9 Å². The minimum atomic E-state index is -0.437. The summed E-state index contributed by atoms with van der Waals surface area (Å²) in [4.78, 5) is 22.5. The lowest BCUT2D eigenvalue weighted by molar-refractivity contribution is -0.124. The van der Waals surface area contributed by atoms with Crippen molar-refractivity contribution in [3.05, 3.63) is 29.3 Å². The van der Waals surface area contributed by atoms with Gasteiger partial charge >= 0.3 is 0 Å². The van der Waals surface area contributed by atoms with Crippen LogP contribution in [0.2, 0.25) is 5.02 Å². The number of thiocarbonyl (C=S) groups is 1. The number of benzene rings is 1. The molecule has 0 atom stereocenters. The van der Waals surface area contributed by atoms with E-state index in [9.17, 15) is 9.59 Å². The Morgan fingerprint density at radius 1 is 1.20 bits per heavy atom. The topological polar surface area (TPSA) is 79.5 Å². The van der Waals surface area contributed by atoms with E-state index in [2.05, 4.69) is 16.2 Å². The van der Waals surface area contributed by atoms with Gasteiger partial charge in [-0.2, -0.15) is 0 Å². The number of rotatable bonds is 4. The highest BCUT2D eigenvalue weighted by Gasteiger charge is 2.05. The molecule has 3 N–H and O–H groups in total. The summed E-state index contributed by atoms with van der Waals surface area (Å²) in [5, 5.41) is 2.98. The van der Waals surface area contributed by atoms with Crippen molar-refractivity contribution in [1.29, 1.82) is 0 Å². The zero-order valence-electron chi connectivity index (χ0n) is 10.7. The first kappa shape index (κ1) is 16.2. The molecule has 0 aliphatic carbocycles. The molecule has 0 aliphatic heterocycles. The number of hydrogen-bond donors (Lipinski definition) is 3. The molecule has 6 nitrogen and oxygen atoms in total. The Balaban J connectivity index is 2.25. The van der Waals surface area contributed by atoms with Gasteiger partial charge in [-0.1, -0.05) is 18.5 Å². The fourth-order valence-corrected chi connectivity index (χ4v) is 1.38. The minimum absolute atomic E-state index is 0.0247. The molecule has 1 aromatic carbocycles. The van der Waals surface area contributed by atoms with Crippen molar-refractivity contribution in [1.82, 2.24) is 16.2 Å². The fourth-order valence-electron chi connectivity index (χ4n) is 1.09. The van der Waals surface area contributed by atoms with Crippen LogP contribution in [0.4, 0.5) is 0 Å². The Morgan fingerprint density at radius 3 is 2.45 bits per heavy atom. The number of nitrogens with one attached hydrogen (secondary N) is 3. The maximum absolute atomic E-state index is 11.4. The second-order valence-electron chi connectivity index (χ2n) is 3.65. The zero-order valence-corrected chi connectivity index (χ0v) is 12.3. The van der Waals surface area contributed by atoms with Gasteiger partial charge in [0.1, 0.15) is 5.75 Å². The summed E-state index contributed by atoms with van der Waals surface area (Å²) in [6.45, 7) is 1.50. The Hall–Kier alpha value is -1.86. The number of halogens is 1. The number of ether oxygens (including phenoxy) is 1. The quantitative estimate of drug-likeness (QED) is 0.574. The lowest BCUT2D eigenvalue weighted by Crippen LogP contribution is -2.49. The van der Waals surface area contributed by atoms with Crippen LogP contribution in [0.25, 0.3) is 0 Å². The van der Waals surface area contributed by atoms with Crippen molar-refractivity contribution in [3.8, 4) is 5.75 Å². The number of amides is 2. The minimum Gasteiger partial charge on any atom is -0.484 e. The highest BCUT2D eigenvalue weighted by molar-refractivity contribution is 7.80. The lowest BCUT2D eigenvalue weighted by atomic mass is 10.3. The number of carbonyl (C=O) groups is 2. The summed E-state index contributed by atoms with van der Waals surface area (Å²) in [7, 11) is 0. The van der Waals surface area contributed by atoms with Gasteiger partial charge in [-0.3, -0.25) is 20.4 Å². The molecule has 0 saturated carbocycles. The summed E-state index contributed by atoms with van der Waals surface area (Å²) < 4.78 is 5.22. The molecule has 0 heterocycles. The highest BCUT2D eigenvalue weighted by atomic mass is 35.5. The molecular weight excluding hydrogens is 302 g/mol. The first-order valence-corrected chi connectivity index (χ1v) is 6.57. The first-order valence-electron chi connectivity index (χ1n) is 5.78. The van der Waals surface area contributed by atoms with Gasteiger partial charge in [-0.05, 0) is 36.5 Å². The summed E-state index contributed by atoms with van der Waals surface area (Å²) >= 11 is 10.5. The molecule has 0 radical (unpaired) electrons. The van der Waals surface area contributed by atoms with Crippen molar-refractivity contribution in [2.45, 2.75) is 13.3 Å². The van der Waals surface area contributed by atoms with Gasteiger partial charge in [-0.15, -0.1) is 0 Å². The van der Waals surface area contributed by atoms with Crippen LogP contribution in [0.1, 0.15) is 13.3 Å². The van der Waals surface area contributed by atoms with E-state index in [1.54, 1.807) is 31.2 Å². The summed E-state index contributed by atoms with van der Waals surface area (Å²) in [5.74, 6) is -0.159. The van der Waals surface area contributed by atoms with Gasteiger partial charge in [0.05, 0.1) is 0 Å². The maximum atomic E-state index is 11.4. The maximum Gasteiger partial charge on any atom is 0.276 e. The monoisotopic (exact) mass is 315 g/mol. The molecule has 8 heteroatoms. The molecule has 0 spiro atoms. The molecule has 2 amide bonds. The van der Waals surface area contributed by atoms with E-state index in [4.69, 9.17) is 28.6 Å². The van der Waals surface area contributed by atoms with E-state index < -0.39 is 5.91 Å². The van der Waals surface area contributed by atoms with Crippen molar-refractivity contribution in [3.63, 3.8) is 0 Å². The van der Waals surface area contributed by atoms with Crippen LogP contribution in [0, 0.1) is 0 Å². The van der Waals surface area contributed by atoms with E-state index in [0.717, 1.165) is 0 Å². The Morgan fingerprint density at radius 2 is 1.85 bits per heavy atom. The molecule has 0 aromatic heterocycles. The van der Waals surface area contributed by atoms with Crippen molar-refractivity contribution >= 4 is 40.7 Å². The van der Waals surface area contributed by atoms with Gasteiger partial charge in [0.15, 0.2) is 11.7 Å². The number of hydrogen-bond acceptors (Lipinski definition) is 4. The molecule has 0 fully saturated rings. The van der Waals surface area contributed by atoms with Crippen LogP contribution in [-0.2, 0) is 9.59 Å². The van der Waals surface area contributed by atoms with Crippen molar-refractivity contribution in [2.24, 2.45) is 0 Å². The second kappa shape index (κ2) is 8.34. The molecule has 0 aliphatic rings. The van der Waals surface area contributed by atoms with Crippen molar-refractivity contribution in [2.75, 3.05) is 6.61 Å². The SMILES string of the molecule is CCC(=O)NC(=S)NNC(=O)COc1ccc(Cl)cc1. The largest absolute Gasteiger partial charge is 0.484 e. The van der Waals surface area contributed by atoms with Crippen LogP contribution in [0.15, 0.2) is 24.3 Å². The average molecular weight is 316 g/mol. The fraction of sp³-hybridized carbons (Fsp3) is 0.250. The smallest absolute Gasteiger partial charge is 0.276 e. The first-order chi connectivity index (χ1) is 9.51. The summed E-state index contributed by atoms with van der Waals surface area (Å²) in [6.07, 6.45) is 0.301. The third-order valence-electron chi connectivity index (χ3n) is 2.07. The molecular formula is C12H14ClN3O3S. The molecule has 0 unspecified atom stereocenters. The van der Waals surface area contributed by atoms with E-state index in [0.29, 0.717) is 17.2 Å². The predicted molar refractivity (Wildman–Crippen MR) is 79.3 cm³/mol. The van der Waals surface area contributed by atoms with Gasteiger partial charge in [-0.25, -0.2) is 0 Å². The van der Waals surface area contributed by atoms with E-state index in [1.807, 2.05) is 0 Å². The van der Waals surface area contributed by atoms with Gasteiger partial charge in [0.2, 0.25) is 5.91 Å².